The van der Waals surface area contributed by atoms with Crippen molar-refractivity contribution in [2.24, 2.45) is 0 Å². The molecule has 1 aromatic heterocycles. The van der Waals surface area contributed by atoms with E-state index in [9.17, 15) is 9.59 Å². The predicted octanol–water partition coefficient (Wildman–Crippen LogP) is 3.68. The number of urea groups is 1. The highest BCUT2D eigenvalue weighted by molar-refractivity contribution is 6.01. The number of pyridine rings is 1. The zero-order valence-corrected chi connectivity index (χ0v) is 16.3. The Hall–Kier alpha value is -3.61. The molecule has 0 spiro atoms. The number of aromatic nitrogens is 1. The van der Waals surface area contributed by atoms with E-state index in [0.29, 0.717) is 11.4 Å². The highest BCUT2D eigenvalue weighted by atomic mass is 16.5. The van der Waals surface area contributed by atoms with Gasteiger partial charge in [-0.05, 0) is 36.8 Å². The number of benzene rings is 2. The Labute approximate surface area is 169 Å². The van der Waals surface area contributed by atoms with Crippen LogP contribution in [-0.2, 0) is 9.53 Å². The van der Waals surface area contributed by atoms with Crippen molar-refractivity contribution in [3.63, 3.8) is 0 Å². The Morgan fingerprint density at radius 2 is 1.93 bits per heavy atom. The minimum Gasteiger partial charge on any atom is -0.491 e. The Morgan fingerprint density at radius 3 is 2.72 bits per heavy atom. The van der Waals surface area contributed by atoms with E-state index in [1.807, 2.05) is 55.5 Å². The fourth-order valence-corrected chi connectivity index (χ4v) is 2.83. The first kappa shape index (κ1) is 20.1. The van der Waals surface area contributed by atoms with Gasteiger partial charge in [-0.1, -0.05) is 24.3 Å². The van der Waals surface area contributed by atoms with E-state index in [2.05, 4.69) is 15.6 Å². The molecule has 1 heterocycles. The van der Waals surface area contributed by atoms with Gasteiger partial charge in [-0.15, -0.1) is 0 Å². The van der Waals surface area contributed by atoms with Crippen LogP contribution in [0.25, 0.3) is 10.8 Å². The maximum Gasteiger partial charge on any atom is 0.319 e. The second kappa shape index (κ2) is 9.54. The van der Waals surface area contributed by atoms with Gasteiger partial charge in [0.15, 0.2) is 0 Å². The molecule has 3 rings (SSSR count). The first-order chi connectivity index (χ1) is 14.0. The summed E-state index contributed by atoms with van der Waals surface area (Å²) in [6.45, 7) is 3.45. The molecule has 0 aliphatic rings. The second-order valence-electron chi connectivity index (χ2n) is 6.63. The molecule has 3 aromatic rings. The van der Waals surface area contributed by atoms with Crippen molar-refractivity contribution in [2.45, 2.75) is 19.9 Å². The molecule has 0 bridgehead atoms. The summed E-state index contributed by atoms with van der Waals surface area (Å²) in [4.78, 5) is 27.8. The van der Waals surface area contributed by atoms with Crippen LogP contribution in [0.5, 0.6) is 5.75 Å². The number of carbonyl (C=O) groups excluding carboxylic acids is 2. The third kappa shape index (κ3) is 5.93. The summed E-state index contributed by atoms with van der Waals surface area (Å²) in [5.74, 6) is 0.260. The SMILES string of the molecule is CC(=O)OC[C@H](COc1cccc(C)c1)NC(=O)Nc1cccc2cnccc12. The Balaban J connectivity index is 1.65. The predicted molar refractivity (Wildman–Crippen MR) is 111 cm³/mol. The zero-order chi connectivity index (χ0) is 20.6. The summed E-state index contributed by atoms with van der Waals surface area (Å²) < 4.78 is 10.8. The van der Waals surface area contributed by atoms with Gasteiger partial charge in [-0.2, -0.15) is 0 Å². The minimum atomic E-state index is -0.518. The molecule has 0 saturated heterocycles. The van der Waals surface area contributed by atoms with E-state index in [0.717, 1.165) is 16.3 Å². The number of aryl methyl sites for hydroxylation is 1. The lowest BCUT2D eigenvalue weighted by molar-refractivity contribution is -0.141. The smallest absolute Gasteiger partial charge is 0.319 e. The van der Waals surface area contributed by atoms with Gasteiger partial charge >= 0.3 is 12.0 Å². The lowest BCUT2D eigenvalue weighted by atomic mass is 10.1. The van der Waals surface area contributed by atoms with Crippen molar-refractivity contribution in [1.82, 2.24) is 10.3 Å². The zero-order valence-electron chi connectivity index (χ0n) is 16.3. The van der Waals surface area contributed by atoms with Crippen LogP contribution in [0.4, 0.5) is 10.5 Å². The van der Waals surface area contributed by atoms with E-state index < -0.39 is 18.0 Å². The van der Waals surface area contributed by atoms with E-state index in [1.165, 1.54) is 6.92 Å². The van der Waals surface area contributed by atoms with Crippen molar-refractivity contribution >= 4 is 28.5 Å². The van der Waals surface area contributed by atoms with Crippen LogP contribution in [0.15, 0.2) is 60.9 Å². The van der Waals surface area contributed by atoms with Crippen molar-refractivity contribution in [3.05, 3.63) is 66.5 Å². The van der Waals surface area contributed by atoms with Gasteiger partial charge in [0.25, 0.3) is 0 Å². The van der Waals surface area contributed by atoms with Gasteiger partial charge in [0.05, 0.1) is 11.7 Å². The van der Waals surface area contributed by atoms with Crippen molar-refractivity contribution in [3.8, 4) is 5.75 Å². The van der Waals surface area contributed by atoms with Crippen molar-refractivity contribution in [2.75, 3.05) is 18.5 Å². The van der Waals surface area contributed by atoms with E-state index in [1.54, 1.807) is 12.4 Å². The molecule has 1 atom stereocenters. The highest BCUT2D eigenvalue weighted by Gasteiger charge is 2.16. The summed E-state index contributed by atoms with van der Waals surface area (Å²) in [6.07, 6.45) is 3.40. The van der Waals surface area contributed by atoms with E-state index >= 15 is 0 Å². The number of amides is 2. The molecular weight excluding hydrogens is 370 g/mol. The van der Waals surface area contributed by atoms with Gasteiger partial charge in [-0.3, -0.25) is 9.78 Å². The second-order valence-corrected chi connectivity index (χ2v) is 6.63. The number of nitrogens with one attached hydrogen (secondary N) is 2. The van der Waals surface area contributed by atoms with Crippen LogP contribution in [0.2, 0.25) is 0 Å². The van der Waals surface area contributed by atoms with E-state index in [4.69, 9.17) is 9.47 Å². The molecule has 2 amide bonds. The summed E-state index contributed by atoms with van der Waals surface area (Å²) in [5, 5.41) is 7.44. The first-order valence-corrected chi connectivity index (χ1v) is 9.24. The summed E-state index contributed by atoms with van der Waals surface area (Å²) >= 11 is 0. The number of nitrogens with zero attached hydrogens (tertiary/aromatic N) is 1. The van der Waals surface area contributed by atoms with Crippen LogP contribution in [-0.4, -0.2) is 36.2 Å². The number of esters is 1. The fraction of sp³-hybridized carbons (Fsp3) is 0.227. The molecule has 0 aliphatic heterocycles. The third-order valence-electron chi connectivity index (χ3n) is 4.19. The van der Waals surface area contributed by atoms with Gasteiger partial charge in [-0.25, -0.2) is 4.79 Å². The molecule has 0 saturated carbocycles. The molecule has 29 heavy (non-hydrogen) atoms. The largest absolute Gasteiger partial charge is 0.491 e. The number of fused-ring (bicyclic) bond motifs is 1. The maximum absolute atomic E-state index is 12.5. The maximum atomic E-state index is 12.5. The summed E-state index contributed by atoms with van der Waals surface area (Å²) in [6, 6.07) is 14.1. The molecule has 2 aromatic carbocycles. The number of hydrogen-bond acceptors (Lipinski definition) is 5. The Bertz CT molecular complexity index is 1000. The Morgan fingerprint density at radius 1 is 1.10 bits per heavy atom. The molecule has 2 N–H and O–H groups in total. The molecule has 0 fully saturated rings. The van der Waals surface area contributed by atoms with E-state index in [-0.39, 0.29) is 13.2 Å². The molecule has 7 nitrogen and oxygen atoms in total. The molecule has 0 radical (unpaired) electrons. The van der Waals surface area contributed by atoms with Crippen LogP contribution in [0.1, 0.15) is 12.5 Å². The standard InChI is InChI=1S/C22H23N3O4/c1-15-5-3-7-19(11-15)29-14-18(13-28-16(2)26)24-22(27)25-21-8-4-6-17-12-23-10-9-20(17)21/h3-12,18H,13-14H2,1-2H3,(H2,24,25,27)/t18-/m1/s1. The van der Waals surface area contributed by atoms with Crippen LogP contribution in [0, 0.1) is 6.92 Å². The minimum absolute atomic E-state index is 0.00796. The quantitative estimate of drug-likeness (QED) is 0.598. The number of anilines is 1. The highest BCUT2D eigenvalue weighted by Crippen LogP contribution is 2.22. The number of hydrogen-bond donors (Lipinski definition) is 2. The normalized spacial score (nSPS) is 11.5. The molecule has 7 heteroatoms. The lowest BCUT2D eigenvalue weighted by Crippen LogP contribution is -2.44. The number of ether oxygens (including phenoxy) is 2. The number of carbonyl (C=O) groups is 2. The summed E-state index contributed by atoms with van der Waals surface area (Å²) in [5.41, 5.74) is 1.73. The lowest BCUT2D eigenvalue weighted by Gasteiger charge is -2.20. The van der Waals surface area contributed by atoms with Crippen molar-refractivity contribution < 1.29 is 19.1 Å². The van der Waals surface area contributed by atoms with Gasteiger partial charge < -0.3 is 20.1 Å². The number of rotatable bonds is 7. The van der Waals surface area contributed by atoms with Gasteiger partial charge in [0, 0.05) is 30.1 Å². The third-order valence-corrected chi connectivity index (χ3v) is 4.19. The monoisotopic (exact) mass is 393 g/mol. The van der Waals surface area contributed by atoms with Crippen LogP contribution < -0.4 is 15.4 Å². The average molecular weight is 393 g/mol. The van der Waals surface area contributed by atoms with Crippen LogP contribution in [0.3, 0.4) is 0 Å². The first-order valence-electron chi connectivity index (χ1n) is 9.24. The molecule has 150 valence electrons. The van der Waals surface area contributed by atoms with Crippen LogP contribution >= 0.6 is 0 Å². The summed E-state index contributed by atoms with van der Waals surface area (Å²) in [7, 11) is 0. The topological polar surface area (TPSA) is 89.5 Å². The molecule has 0 unspecified atom stereocenters. The molecule has 0 aliphatic carbocycles. The van der Waals surface area contributed by atoms with Gasteiger partial charge in [0.2, 0.25) is 0 Å². The van der Waals surface area contributed by atoms with Crippen molar-refractivity contribution in [1.29, 1.82) is 0 Å². The Kier molecular flexibility index (Phi) is 6.63. The average Bonchev–Trinajstić information content (AvgIpc) is 2.70. The molecular formula is C22H23N3O4. The fourth-order valence-electron chi connectivity index (χ4n) is 2.83. The van der Waals surface area contributed by atoms with Gasteiger partial charge in [0.1, 0.15) is 19.0 Å².